The van der Waals surface area contributed by atoms with Gasteiger partial charge in [-0.3, -0.25) is 0 Å². The van der Waals surface area contributed by atoms with Crippen molar-refractivity contribution in [1.29, 1.82) is 0 Å². The number of hydrogen-bond donors (Lipinski definition) is 1. The molecular weight excluding hydrogens is 308 g/mol. The van der Waals surface area contributed by atoms with Crippen molar-refractivity contribution in [2.75, 3.05) is 46.9 Å². The summed E-state index contributed by atoms with van der Waals surface area (Å²) >= 11 is 3.49. The molecule has 1 aliphatic heterocycles. The zero-order valence-corrected chi connectivity index (χ0v) is 13.1. The smallest absolute Gasteiger partial charge is 0.175 e. The number of halogens is 1. The number of benzene rings is 1. The van der Waals surface area contributed by atoms with Crippen LogP contribution in [0.4, 0.5) is 0 Å². The molecule has 1 heterocycles. The quantitative estimate of drug-likeness (QED) is 0.895. The molecule has 0 spiro atoms. The molecule has 0 aliphatic carbocycles. The summed E-state index contributed by atoms with van der Waals surface area (Å²) in [5, 5.41) is 3.37. The second-order valence-electron chi connectivity index (χ2n) is 4.61. The van der Waals surface area contributed by atoms with Gasteiger partial charge in [0.15, 0.2) is 11.5 Å². The highest BCUT2D eigenvalue weighted by Crippen LogP contribution is 2.38. The van der Waals surface area contributed by atoms with Crippen LogP contribution in [0.25, 0.3) is 0 Å². The molecule has 106 valence electrons. The molecule has 0 saturated carbocycles. The lowest BCUT2D eigenvalue weighted by Crippen LogP contribution is -2.44. The molecule has 1 aromatic carbocycles. The molecule has 0 aromatic heterocycles. The van der Waals surface area contributed by atoms with Crippen molar-refractivity contribution >= 4 is 15.9 Å². The minimum Gasteiger partial charge on any atom is -0.493 e. The van der Waals surface area contributed by atoms with Crippen LogP contribution in [-0.4, -0.2) is 51.8 Å². The highest BCUT2D eigenvalue weighted by atomic mass is 79.9. The first-order valence-electron chi connectivity index (χ1n) is 6.58. The number of hydrogen-bond acceptors (Lipinski definition) is 4. The van der Waals surface area contributed by atoms with E-state index < -0.39 is 0 Å². The van der Waals surface area contributed by atoms with Gasteiger partial charge in [-0.1, -0.05) is 6.07 Å². The maximum absolute atomic E-state index is 5.50. The fourth-order valence-electron chi connectivity index (χ4n) is 2.40. The molecule has 0 amide bonds. The summed E-state index contributed by atoms with van der Waals surface area (Å²) < 4.78 is 11.8. The van der Waals surface area contributed by atoms with Gasteiger partial charge in [-0.2, -0.15) is 0 Å². The third-order valence-corrected chi connectivity index (χ3v) is 4.09. The van der Waals surface area contributed by atoms with Gasteiger partial charge in [0.2, 0.25) is 0 Å². The summed E-state index contributed by atoms with van der Waals surface area (Å²) in [5.74, 6) is 1.62. The Labute approximate surface area is 123 Å². The first-order valence-corrected chi connectivity index (χ1v) is 7.38. The lowest BCUT2D eigenvalue weighted by atomic mass is 10.1. The lowest BCUT2D eigenvalue weighted by Gasteiger charge is -2.27. The van der Waals surface area contributed by atoms with E-state index in [0.29, 0.717) is 0 Å². The van der Waals surface area contributed by atoms with Gasteiger partial charge in [-0.05, 0) is 34.0 Å². The molecule has 1 aromatic rings. The first kappa shape index (κ1) is 14.6. The number of nitrogens with zero attached hydrogens (tertiary/aromatic N) is 1. The second kappa shape index (κ2) is 7.12. The molecule has 0 atom stereocenters. The van der Waals surface area contributed by atoms with E-state index in [0.717, 1.165) is 55.1 Å². The molecule has 1 aliphatic rings. The molecule has 5 heteroatoms. The van der Waals surface area contributed by atoms with Crippen molar-refractivity contribution in [3.8, 4) is 11.5 Å². The fourth-order valence-corrected chi connectivity index (χ4v) is 2.88. The second-order valence-corrected chi connectivity index (χ2v) is 5.47. The van der Waals surface area contributed by atoms with Gasteiger partial charge in [0.25, 0.3) is 0 Å². The standard InChI is InChI=1S/C14H21BrN2O2/c1-18-13-11(3-4-12(15)14(13)19-2)5-8-17-9-6-16-7-10-17/h3-4,16H,5-10H2,1-2H3. The van der Waals surface area contributed by atoms with Gasteiger partial charge in [0, 0.05) is 32.7 Å². The van der Waals surface area contributed by atoms with Crippen LogP contribution in [0.15, 0.2) is 16.6 Å². The monoisotopic (exact) mass is 328 g/mol. The Balaban J connectivity index is 2.06. The molecule has 0 bridgehead atoms. The summed E-state index contributed by atoms with van der Waals surface area (Å²) in [6, 6.07) is 4.13. The van der Waals surface area contributed by atoms with Gasteiger partial charge in [0.1, 0.15) is 0 Å². The van der Waals surface area contributed by atoms with E-state index in [4.69, 9.17) is 9.47 Å². The van der Waals surface area contributed by atoms with Crippen LogP contribution in [0.3, 0.4) is 0 Å². The maximum atomic E-state index is 5.50. The number of nitrogens with one attached hydrogen (secondary N) is 1. The highest BCUT2D eigenvalue weighted by molar-refractivity contribution is 9.10. The van der Waals surface area contributed by atoms with Crippen molar-refractivity contribution in [2.24, 2.45) is 0 Å². The van der Waals surface area contributed by atoms with Gasteiger partial charge in [0.05, 0.1) is 18.7 Å². The average molecular weight is 329 g/mol. The molecule has 0 unspecified atom stereocenters. The topological polar surface area (TPSA) is 33.7 Å². The third kappa shape index (κ3) is 3.61. The SMILES string of the molecule is COc1c(Br)ccc(CCN2CCNCC2)c1OC. The van der Waals surface area contributed by atoms with Crippen molar-refractivity contribution in [3.05, 3.63) is 22.2 Å². The van der Waals surface area contributed by atoms with E-state index in [1.54, 1.807) is 14.2 Å². The molecule has 2 rings (SSSR count). The zero-order chi connectivity index (χ0) is 13.7. The number of piperazine rings is 1. The summed E-state index contributed by atoms with van der Waals surface area (Å²) in [4.78, 5) is 2.48. The largest absolute Gasteiger partial charge is 0.493 e. The van der Waals surface area contributed by atoms with Crippen LogP contribution in [0, 0.1) is 0 Å². The first-order chi connectivity index (χ1) is 9.26. The fraction of sp³-hybridized carbons (Fsp3) is 0.571. The summed E-state index contributed by atoms with van der Waals surface area (Å²) in [5.41, 5.74) is 1.20. The Morgan fingerprint density at radius 2 is 1.84 bits per heavy atom. The summed E-state index contributed by atoms with van der Waals surface area (Å²) in [7, 11) is 3.36. The van der Waals surface area contributed by atoms with Crippen LogP contribution in [0.2, 0.25) is 0 Å². The maximum Gasteiger partial charge on any atom is 0.175 e. The normalized spacial score (nSPS) is 16.4. The third-order valence-electron chi connectivity index (χ3n) is 3.46. The minimum absolute atomic E-state index is 0.778. The van der Waals surface area contributed by atoms with Gasteiger partial charge in [-0.15, -0.1) is 0 Å². The Kier molecular flexibility index (Phi) is 5.48. The zero-order valence-electron chi connectivity index (χ0n) is 11.5. The van der Waals surface area contributed by atoms with E-state index >= 15 is 0 Å². The van der Waals surface area contributed by atoms with Crippen LogP contribution < -0.4 is 14.8 Å². The van der Waals surface area contributed by atoms with Crippen molar-refractivity contribution in [2.45, 2.75) is 6.42 Å². The highest BCUT2D eigenvalue weighted by Gasteiger charge is 2.15. The molecule has 19 heavy (non-hydrogen) atoms. The molecule has 4 nitrogen and oxygen atoms in total. The molecular formula is C14H21BrN2O2. The molecule has 1 N–H and O–H groups in total. The average Bonchev–Trinajstić information content (AvgIpc) is 2.46. The Morgan fingerprint density at radius 1 is 1.16 bits per heavy atom. The minimum atomic E-state index is 0.778. The Hall–Kier alpha value is -0.780. The van der Waals surface area contributed by atoms with Gasteiger partial charge < -0.3 is 19.7 Å². The van der Waals surface area contributed by atoms with E-state index in [1.165, 1.54) is 5.56 Å². The van der Waals surface area contributed by atoms with Gasteiger partial charge >= 0.3 is 0 Å². The predicted octanol–water partition coefficient (Wildman–Crippen LogP) is 1.91. The van der Waals surface area contributed by atoms with Crippen LogP contribution in [0.1, 0.15) is 5.56 Å². The summed E-state index contributed by atoms with van der Waals surface area (Å²) in [6.07, 6.45) is 0.979. The molecule has 1 saturated heterocycles. The van der Waals surface area contributed by atoms with Crippen molar-refractivity contribution in [3.63, 3.8) is 0 Å². The molecule has 1 fully saturated rings. The van der Waals surface area contributed by atoms with E-state index in [9.17, 15) is 0 Å². The molecule has 0 radical (unpaired) electrons. The number of rotatable bonds is 5. The van der Waals surface area contributed by atoms with Crippen LogP contribution >= 0.6 is 15.9 Å². The van der Waals surface area contributed by atoms with E-state index in [-0.39, 0.29) is 0 Å². The predicted molar refractivity (Wildman–Crippen MR) is 80.3 cm³/mol. The summed E-state index contributed by atoms with van der Waals surface area (Å²) in [6.45, 7) is 5.47. The van der Waals surface area contributed by atoms with Crippen LogP contribution in [-0.2, 0) is 6.42 Å². The number of methoxy groups -OCH3 is 2. The van der Waals surface area contributed by atoms with E-state index in [2.05, 4.69) is 32.2 Å². The lowest BCUT2D eigenvalue weighted by molar-refractivity contribution is 0.242. The Morgan fingerprint density at radius 3 is 2.47 bits per heavy atom. The number of ether oxygens (including phenoxy) is 2. The van der Waals surface area contributed by atoms with Crippen molar-refractivity contribution < 1.29 is 9.47 Å². The van der Waals surface area contributed by atoms with Crippen LogP contribution in [0.5, 0.6) is 11.5 Å². The van der Waals surface area contributed by atoms with Crippen molar-refractivity contribution in [1.82, 2.24) is 10.2 Å². The van der Waals surface area contributed by atoms with Gasteiger partial charge in [-0.25, -0.2) is 0 Å². The Bertz CT molecular complexity index is 420. The van der Waals surface area contributed by atoms with E-state index in [1.807, 2.05) is 6.07 Å².